The molecule has 0 radical (unpaired) electrons. The number of allylic oxidation sites excluding steroid dienone is 4. The second-order valence-electron chi connectivity index (χ2n) is 5.05. The van der Waals surface area contributed by atoms with Crippen molar-refractivity contribution in [2.75, 3.05) is 0 Å². The van der Waals surface area contributed by atoms with Crippen LogP contribution in [-0.2, 0) is 13.0 Å². The second kappa shape index (κ2) is 7.88. The van der Waals surface area contributed by atoms with Crippen LogP contribution in [0.1, 0.15) is 44.7 Å². The number of hydrogen-bond acceptors (Lipinski definition) is 1. The van der Waals surface area contributed by atoms with Gasteiger partial charge in [0.05, 0.1) is 6.61 Å². The third kappa shape index (κ3) is 5.83. The average Bonchev–Trinajstić information content (AvgIpc) is 2.36. The number of rotatable bonds is 6. The van der Waals surface area contributed by atoms with E-state index < -0.39 is 0 Å². The molecule has 0 heterocycles. The van der Waals surface area contributed by atoms with E-state index in [0.717, 1.165) is 24.8 Å². The molecule has 0 unspecified atom stereocenters. The van der Waals surface area contributed by atoms with Crippen molar-refractivity contribution in [2.45, 2.75) is 46.6 Å². The van der Waals surface area contributed by atoms with E-state index >= 15 is 0 Å². The Morgan fingerprint density at radius 3 is 2.17 bits per heavy atom. The van der Waals surface area contributed by atoms with Crippen LogP contribution in [0.2, 0.25) is 0 Å². The zero-order chi connectivity index (χ0) is 13.4. The molecule has 0 aliphatic heterocycles. The monoisotopic (exact) mass is 244 g/mol. The molecule has 0 aromatic heterocycles. The van der Waals surface area contributed by atoms with E-state index in [1.807, 2.05) is 12.1 Å². The SMILES string of the molecule is CC(C)=CCCC(C)=CCc1ccc(CO)cc1. The van der Waals surface area contributed by atoms with Gasteiger partial charge >= 0.3 is 0 Å². The van der Waals surface area contributed by atoms with E-state index in [1.165, 1.54) is 16.7 Å². The molecule has 1 aromatic rings. The highest BCUT2D eigenvalue weighted by atomic mass is 16.3. The Labute approximate surface area is 111 Å². The summed E-state index contributed by atoms with van der Waals surface area (Å²) >= 11 is 0. The van der Waals surface area contributed by atoms with Gasteiger partial charge in [0.25, 0.3) is 0 Å². The summed E-state index contributed by atoms with van der Waals surface area (Å²) in [6.45, 7) is 6.60. The third-order valence-electron chi connectivity index (χ3n) is 2.98. The highest BCUT2D eigenvalue weighted by Crippen LogP contribution is 2.10. The maximum absolute atomic E-state index is 8.97. The molecule has 1 rings (SSSR count). The van der Waals surface area contributed by atoms with E-state index in [0.29, 0.717) is 0 Å². The van der Waals surface area contributed by atoms with Crippen LogP contribution in [0, 0.1) is 0 Å². The van der Waals surface area contributed by atoms with Crippen molar-refractivity contribution < 1.29 is 5.11 Å². The molecule has 0 bridgehead atoms. The quantitative estimate of drug-likeness (QED) is 0.735. The molecule has 0 aliphatic rings. The van der Waals surface area contributed by atoms with Gasteiger partial charge in [0.2, 0.25) is 0 Å². The third-order valence-corrected chi connectivity index (χ3v) is 2.98. The van der Waals surface area contributed by atoms with Crippen LogP contribution in [0.4, 0.5) is 0 Å². The Kier molecular flexibility index (Phi) is 6.45. The first-order chi connectivity index (χ1) is 8.61. The average molecular weight is 244 g/mol. The first kappa shape index (κ1) is 14.7. The summed E-state index contributed by atoms with van der Waals surface area (Å²) in [5.74, 6) is 0. The Bertz CT molecular complexity index is 406. The lowest BCUT2D eigenvalue weighted by molar-refractivity contribution is 0.282. The van der Waals surface area contributed by atoms with Crippen LogP contribution in [0.15, 0.2) is 47.6 Å². The molecular formula is C17H24O. The second-order valence-corrected chi connectivity index (χ2v) is 5.05. The lowest BCUT2D eigenvalue weighted by Gasteiger charge is -2.02. The highest BCUT2D eigenvalue weighted by Gasteiger charge is 1.93. The summed E-state index contributed by atoms with van der Waals surface area (Å²) in [6.07, 6.45) is 7.83. The molecule has 0 spiro atoms. The van der Waals surface area contributed by atoms with Gasteiger partial charge in [-0.25, -0.2) is 0 Å². The first-order valence-corrected chi connectivity index (χ1v) is 6.59. The maximum atomic E-state index is 8.97. The Morgan fingerprint density at radius 1 is 1.00 bits per heavy atom. The van der Waals surface area contributed by atoms with E-state index in [1.54, 1.807) is 0 Å². The topological polar surface area (TPSA) is 20.2 Å². The van der Waals surface area contributed by atoms with Gasteiger partial charge in [-0.3, -0.25) is 0 Å². The lowest BCUT2D eigenvalue weighted by atomic mass is 10.1. The van der Waals surface area contributed by atoms with Crippen LogP contribution in [0.3, 0.4) is 0 Å². The molecule has 18 heavy (non-hydrogen) atoms. The van der Waals surface area contributed by atoms with Crippen molar-refractivity contribution in [2.24, 2.45) is 0 Å². The predicted octanol–water partition coefficient (Wildman–Crippen LogP) is 4.41. The van der Waals surface area contributed by atoms with Crippen molar-refractivity contribution in [3.63, 3.8) is 0 Å². The Hall–Kier alpha value is -1.34. The molecule has 1 aromatic carbocycles. The molecular weight excluding hydrogens is 220 g/mol. The summed E-state index contributed by atoms with van der Waals surface area (Å²) in [4.78, 5) is 0. The van der Waals surface area contributed by atoms with Gasteiger partial charge < -0.3 is 5.11 Å². The fourth-order valence-corrected chi connectivity index (χ4v) is 1.76. The number of aliphatic hydroxyl groups is 1. The zero-order valence-electron chi connectivity index (χ0n) is 11.7. The van der Waals surface area contributed by atoms with Crippen molar-refractivity contribution in [1.82, 2.24) is 0 Å². The molecule has 0 saturated heterocycles. The summed E-state index contributed by atoms with van der Waals surface area (Å²) in [6, 6.07) is 8.15. The van der Waals surface area contributed by atoms with Gasteiger partial charge in [0.15, 0.2) is 0 Å². The minimum absolute atomic E-state index is 0.123. The molecule has 1 nitrogen and oxygen atoms in total. The van der Waals surface area contributed by atoms with Crippen LogP contribution >= 0.6 is 0 Å². The smallest absolute Gasteiger partial charge is 0.0681 e. The van der Waals surface area contributed by atoms with Crippen LogP contribution in [0.25, 0.3) is 0 Å². The highest BCUT2D eigenvalue weighted by molar-refractivity contribution is 5.24. The first-order valence-electron chi connectivity index (χ1n) is 6.59. The molecule has 0 atom stereocenters. The van der Waals surface area contributed by atoms with Gasteiger partial charge in [-0.05, 0) is 51.2 Å². The van der Waals surface area contributed by atoms with Crippen molar-refractivity contribution in [1.29, 1.82) is 0 Å². The molecule has 1 N–H and O–H groups in total. The molecule has 98 valence electrons. The van der Waals surface area contributed by atoms with Crippen LogP contribution in [-0.4, -0.2) is 5.11 Å². The van der Waals surface area contributed by atoms with Gasteiger partial charge in [0, 0.05) is 0 Å². The van der Waals surface area contributed by atoms with Gasteiger partial charge in [-0.2, -0.15) is 0 Å². The maximum Gasteiger partial charge on any atom is 0.0681 e. The van der Waals surface area contributed by atoms with Gasteiger partial charge in [-0.1, -0.05) is 47.6 Å². The van der Waals surface area contributed by atoms with Crippen LogP contribution < -0.4 is 0 Å². The van der Waals surface area contributed by atoms with E-state index in [9.17, 15) is 0 Å². The molecule has 0 saturated carbocycles. The summed E-state index contributed by atoms with van der Waals surface area (Å²) < 4.78 is 0. The minimum Gasteiger partial charge on any atom is -0.392 e. The van der Waals surface area contributed by atoms with Crippen molar-refractivity contribution >= 4 is 0 Å². The summed E-state index contributed by atoms with van der Waals surface area (Å²) in [7, 11) is 0. The van der Waals surface area contributed by atoms with Gasteiger partial charge in [-0.15, -0.1) is 0 Å². The van der Waals surface area contributed by atoms with Crippen molar-refractivity contribution in [3.05, 3.63) is 58.7 Å². The zero-order valence-corrected chi connectivity index (χ0v) is 11.7. The number of benzene rings is 1. The summed E-state index contributed by atoms with van der Waals surface area (Å²) in [5, 5.41) is 8.97. The summed E-state index contributed by atoms with van der Waals surface area (Å²) in [5.41, 5.74) is 5.11. The van der Waals surface area contributed by atoms with E-state index in [4.69, 9.17) is 5.11 Å². The number of aliphatic hydroxyl groups excluding tert-OH is 1. The Balaban J connectivity index is 2.44. The molecule has 0 fully saturated rings. The fourth-order valence-electron chi connectivity index (χ4n) is 1.76. The van der Waals surface area contributed by atoms with E-state index in [-0.39, 0.29) is 6.61 Å². The molecule has 1 heteroatoms. The Morgan fingerprint density at radius 2 is 1.61 bits per heavy atom. The normalized spacial score (nSPS) is 11.4. The molecule has 0 aliphatic carbocycles. The van der Waals surface area contributed by atoms with E-state index in [2.05, 4.69) is 45.1 Å². The van der Waals surface area contributed by atoms with Crippen molar-refractivity contribution in [3.8, 4) is 0 Å². The van der Waals surface area contributed by atoms with Crippen LogP contribution in [0.5, 0.6) is 0 Å². The minimum atomic E-state index is 0.123. The standard InChI is InChI=1S/C17H24O/c1-14(2)5-4-6-15(3)7-8-16-9-11-17(13-18)12-10-16/h5,7,9-12,18H,4,6,8,13H2,1-3H3. The molecule has 0 amide bonds. The largest absolute Gasteiger partial charge is 0.392 e. The van der Waals surface area contributed by atoms with Gasteiger partial charge in [0.1, 0.15) is 0 Å². The predicted molar refractivity (Wildman–Crippen MR) is 78.5 cm³/mol. The fraction of sp³-hybridized carbons (Fsp3) is 0.412. The number of hydrogen-bond donors (Lipinski definition) is 1. The lowest BCUT2D eigenvalue weighted by Crippen LogP contribution is -1.86.